The third-order valence-corrected chi connectivity index (χ3v) is 10.8. The predicted molar refractivity (Wildman–Crippen MR) is 165 cm³/mol. The van der Waals surface area contributed by atoms with Crippen molar-refractivity contribution >= 4 is 18.0 Å². The molecular formula is C36H41F3N2O5. The SMILES string of the molecule is CC(=O)Oc1ccc2c3c1O[C@H]1[C@H](N(CC(C)C)C(=O)C=Cc4cccc(C(F)(F)F)c4)CC[C@@]4(O)[C@@H](C2)N(CC2CC2)CC[C@]314. The molecule has 5 atom stereocenters. The molecule has 0 radical (unpaired) electrons. The first-order chi connectivity index (χ1) is 21.8. The number of benzene rings is 2. The molecule has 1 amide bonds. The van der Waals surface area contributed by atoms with E-state index < -0.39 is 40.9 Å². The first-order valence-corrected chi connectivity index (χ1v) is 16.5. The maximum Gasteiger partial charge on any atom is 0.416 e. The number of halogens is 3. The van der Waals surface area contributed by atoms with E-state index >= 15 is 0 Å². The van der Waals surface area contributed by atoms with Crippen LogP contribution in [-0.4, -0.2) is 70.2 Å². The highest BCUT2D eigenvalue weighted by Crippen LogP contribution is 2.66. The van der Waals surface area contributed by atoms with Crippen LogP contribution in [0.25, 0.3) is 6.08 Å². The van der Waals surface area contributed by atoms with Crippen LogP contribution < -0.4 is 9.47 Å². The number of piperidine rings is 1. The van der Waals surface area contributed by atoms with E-state index in [0.717, 1.165) is 36.3 Å². The largest absolute Gasteiger partial charge is 0.483 e. The fourth-order valence-electron chi connectivity index (χ4n) is 8.86. The molecule has 1 saturated heterocycles. The average molecular weight is 639 g/mol. The van der Waals surface area contributed by atoms with Gasteiger partial charge in [-0.05, 0) is 92.3 Å². The Morgan fingerprint density at radius 2 is 1.96 bits per heavy atom. The van der Waals surface area contributed by atoms with Crippen LogP contribution in [-0.2, 0) is 27.6 Å². The van der Waals surface area contributed by atoms with Gasteiger partial charge in [-0.25, -0.2) is 0 Å². The molecule has 7 nitrogen and oxygen atoms in total. The molecule has 2 aliphatic heterocycles. The summed E-state index contributed by atoms with van der Waals surface area (Å²) in [5, 5.41) is 12.9. The molecular weight excluding hydrogens is 597 g/mol. The van der Waals surface area contributed by atoms with Crippen LogP contribution in [0.15, 0.2) is 42.5 Å². The molecule has 2 aromatic rings. The lowest BCUT2D eigenvalue weighted by Crippen LogP contribution is -2.78. The van der Waals surface area contributed by atoms with Gasteiger partial charge in [0.15, 0.2) is 11.5 Å². The van der Waals surface area contributed by atoms with Gasteiger partial charge in [0, 0.05) is 37.7 Å². The highest BCUT2D eigenvalue weighted by atomic mass is 19.4. The number of amides is 1. The quantitative estimate of drug-likeness (QED) is 0.225. The summed E-state index contributed by atoms with van der Waals surface area (Å²) in [5.74, 6) is 0.768. The standard InChI is InChI=1S/C36H41F3N2O5/c1-21(2)19-41(30(43)12-9-23-5-4-6-26(17-23)36(37,38)39)27-13-14-35(44)29-18-25-10-11-28(45-22(3)42)32-31(25)34(35,33(27)46-32)15-16-40(29)20-24-7-8-24/h4-6,9-12,17,21,24,27,29,33,44H,7-8,13-16,18-20H2,1-3H3/t27-,29-,33+,34+,35-/m1/s1. The molecule has 1 spiro atoms. The van der Waals surface area contributed by atoms with Crippen molar-refractivity contribution in [2.24, 2.45) is 11.8 Å². The van der Waals surface area contributed by atoms with Gasteiger partial charge in [0.2, 0.25) is 5.91 Å². The fourth-order valence-corrected chi connectivity index (χ4v) is 8.86. The molecule has 46 heavy (non-hydrogen) atoms. The van der Waals surface area contributed by atoms with Gasteiger partial charge in [0.1, 0.15) is 6.10 Å². The molecule has 246 valence electrons. The van der Waals surface area contributed by atoms with Gasteiger partial charge in [-0.15, -0.1) is 0 Å². The van der Waals surface area contributed by atoms with Gasteiger partial charge in [-0.2, -0.15) is 13.2 Å². The van der Waals surface area contributed by atoms with Gasteiger partial charge in [0.25, 0.3) is 0 Å². The Labute approximate surface area is 267 Å². The molecule has 3 aliphatic carbocycles. The summed E-state index contributed by atoms with van der Waals surface area (Å²) in [6.07, 6.45) is 2.41. The molecule has 2 aromatic carbocycles. The number of rotatable bonds is 8. The second-order valence-corrected chi connectivity index (χ2v) is 14.3. The third kappa shape index (κ3) is 5.03. The summed E-state index contributed by atoms with van der Waals surface area (Å²) in [7, 11) is 0. The minimum absolute atomic E-state index is 0.0954. The minimum atomic E-state index is -4.49. The summed E-state index contributed by atoms with van der Waals surface area (Å²) in [5.41, 5.74) is -0.419. The van der Waals surface area contributed by atoms with Crippen molar-refractivity contribution in [2.45, 2.75) is 94.7 Å². The normalized spacial score (nSPS) is 29.9. The smallest absolute Gasteiger partial charge is 0.416 e. The highest BCUT2D eigenvalue weighted by molar-refractivity contribution is 5.92. The summed E-state index contributed by atoms with van der Waals surface area (Å²) in [6.45, 7) is 7.54. The summed E-state index contributed by atoms with van der Waals surface area (Å²) >= 11 is 0. The Kier molecular flexibility index (Phi) is 7.55. The van der Waals surface area contributed by atoms with Crippen LogP contribution in [0.2, 0.25) is 0 Å². The van der Waals surface area contributed by atoms with Gasteiger partial charge < -0.3 is 19.5 Å². The predicted octanol–water partition coefficient (Wildman–Crippen LogP) is 5.76. The Balaban J connectivity index is 1.28. The number of esters is 1. The Morgan fingerprint density at radius 1 is 1.17 bits per heavy atom. The summed E-state index contributed by atoms with van der Waals surface area (Å²) < 4.78 is 52.5. The van der Waals surface area contributed by atoms with Crippen molar-refractivity contribution in [3.63, 3.8) is 0 Å². The van der Waals surface area contributed by atoms with E-state index in [9.17, 15) is 27.9 Å². The monoisotopic (exact) mass is 638 g/mol. The van der Waals surface area contributed by atoms with Crippen molar-refractivity contribution in [1.29, 1.82) is 0 Å². The minimum Gasteiger partial charge on any atom is -0.483 e. The van der Waals surface area contributed by atoms with Crippen LogP contribution in [0.1, 0.15) is 75.1 Å². The first kappa shape index (κ1) is 31.2. The van der Waals surface area contributed by atoms with Crippen LogP contribution in [0.3, 0.4) is 0 Å². The molecule has 0 unspecified atom stereocenters. The second kappa shape index (κ2) is 11.1. The van der Waals surface area contributed by atoms with Crippen molar-refractivity contribution < 1.29 is 37.3 Å². The molecule has 1 N–H and O–H groups in total. The van der Waals surface area contributed by atoms with Crippen molar-refractivity contribution in [3.8, 4) is 11.5 Å². The molecule has 3 fully saturated rings. The lowest BCUT2D eigenvalue weighted by Gasteiger charge is -2.65. The number of carbonyl (C=O) groups is 2. The van der Waals surface area contributed by atoms with E-state index in [2.05, 4.69) is 4.90 Å². The zero-order chi connectivity index (χ0) is 32.6. The zero-order valence-corrected chi connectivity index (χ0v) is 26.5. The number of hydrogen-bond acceptors (Lipinski definition) is 6. The van der Waals surface area contributed by atoms with E-state index in [-0.39, 0.29) is 23.4 Å². The Bertz CT molecular complexity index is 1590. The molecule has 7 rings (SSSR count). The van der Waals surface area contributed by atoms with Crippen LogP contribution in [0.5, 0.6) is 11.5 Å². The second-order valence-electron chi connectivity index (χ2n) is 14.3. The Morgan fingerprint density at radius 3 is 2.65 bits per heavy atom. The summed E-state index contributed by atoms with van der Waals surface area (Å²) in [6, 6.07) is 8.17. The fraction of sp³-hybridized carbons (Fsp3) is 0.556. The van der Waals surface area contributed by atoms with Gasteiger partial charge in [0.05, 0.1) is 22.6 Å². The third-order valence-electron chi connectivity index (χ3n) is 10.8. The van der Waals surface area contributed by atoms with Gasteiger partial charge in [-0.1, -0.05) is 32.0 Å². The molecule has 2 bridgehead atoms. The van der Waals surface area contributed by atoms with E-state index in [1.165, 1.54) is 44.1 Å². The van der Waals surface area contributed by atoms with Crippen molar-refractivity contribution in [1.82, 2.24) is 9.80 Å². The lowest BCUT2D eigenvalue weighted by atomic mass is 9.48. The number of alkyl halides is 3. The molecule has 5 aliphatic rings. The number of nitrogens with zero attached hydrogens (tertiary/aromatic N) is 2. The van der Waals surface area contributed by atoms with Crippen LogP contribution >= 0.6 is 0 Å². The van der Waals surface area contributed by atoms with Crippen LogP contribution in [0.4, 0.5) is 13.2 Å². The maximum absolute atomic E-state index is 14.0. The number of aliphatic hydroxyl groups is 1. The first-order valence-electron chi connectivity index (χ1n) is 16.5. The molecule has 2 saturated carbocycles. The molecule has 2 heterocycles. The number of carbonyl (C=O) groups excluding carboxylic acids is 2. The highest BCUT2D eigenvalue weighted by Gasteiger charge is 2.73. The van der Waals surface area contributed by atoms with E-state index in [0.29, 0.717) is 49.6 Å². The average Bonchev–Trinajstić information content (AvgIpc) is 3.74. The maximum atomic E-state index is 14.0. The topological polar surface area (TPSA) is 79.3 Å². The van der Waals surface area contributed by atoms with Crippen molar-refractivity contribution in [2.75, 3.05) is 19.6 Å². The molecule has 0 aromatic heterocycles. The van der Waals surface area contributed by atoms with E-state index in [1.807, 2.05) is 19.9 Å². The lowest BCUT2D eigenvalue weighted by molar-refractivity contribution is -0.201. The number of hydrogen-bond donors (Lipinski definition) is 1. The van der Waals surface area contributed by atoms with Gasteiger partial charge >= 0.3 is 12.1 Å². The zero-order valence-electron chi connectivity index (χ0n) is 26.5. The number of ether oxygens (including phenoxy) is 2. The summed E-state index contributed by atoms with van der Waals surface area (Å²) in [4.78, 5) is 30.4. The Hall–Kier alpha value is -3.37. The van der Waals surface area contributed by atoms with Gasteiger partial charge in [-0.3, -0.25) is 14.5 Å². The van der Waals surface area contributed by atoms with E-state index in [1.54, 1.807) is 11.0 Å². The van der Waals surface area contributed by atoms with E-state index in [4.69, 9.17) is 9.47 Å². The van der Waals surface area contributed by atoms with Crippen molar-refractivity contribution in [3.05, 3.63) is 64.7 Å². The molecule has 10 heteroatoms. The van der Waals surface area contributed by atoms with Crippen LogP contribution in [0, 0.1) is 11.8 Å². The number of likely N-dealkylation sites (tertiary alicyclic amines) is 1.